The molecule has 0 aromatic heterocycles. The molecule has 0 aliphatic rings. The zero-order valence-electron chi connectivity index (χ0n) is 13.5. The van der Waals surface area contributed by atoms with E-state index in [-0.39, 0.29) is 0 Å². The monoisotopic (exact) mass is 364 g/mol. The summed E-state index contributed by atoms with van der Waals surface area (Å²) < 4.78 is 11.8. The van der Waals surface area contributed by atoms with Gasteiger partial charge in [-0.05, 0) is 31.5 Å². The van der Waals surface area contributed by atoms with Crippen molar-refractivity contribution in [2.24, 2.45) is 0 Å². The zero-order chi connectivity index (χ0) is 15.8. The molecule has 0 N–H and O–H groups in total. The van der Waals surface area contributed by atoms with Crippen molar-refractivity contribution >= 4 is 26.7 Å². The van der Waals surface area contributed by atoms with Gasteiger partial charge in [0.05, 0.1) is 13.2 Å². The van der Waals surface area contributed by atoms with Gasteiger partial charge >= 0.3 is 0 Å². The van der Waals surface area contributed by atoms with Crippen molar-refractivity contribution < 1.29 is 9.47 Å². The van der Waals surface area contributed by atoms with Gasteiger partial charge in [-0.3, -0.25) is 0 Å². The number of hydrogen-bond acceptors (Lipinski definition) is 2. The van der Waals surface area contributed by atoms with E-state index < -0.39 is 0 Å². The van der Waals surface area contributed by atoms with Crippen LogP contribution < -0.4 is 9.47 Å². The lowest BCUT2D eigenvalue weighted by Crippen LogP contribution is -2.01. The number of unbranched alkanes of at least 4 members (excludes halogenated alkanes) is 3. The summed E-state index contributed by atoms with van der Waals surface area (Å²) in [5.41, 5.74) is 1.23. The third kappa shape index (κ3) is 4.64. The maximum Gasteiger partial charge on any atom is 0.127 e. The minimum atomic E-state index is 0.667. The lowest BCUT2D eigenvalue weighted by Gasteiger charge is -2.13. The van der Waals surface area contributed by atoms with Gasteiger partial charge in [0.2, 0.25) is 0 Å². The fraction of sp³-hybridized carbons (Fsp3) is 0.474. The summed E-state index contributed by atoms with van der Waals surface area (Å²) >= 11 is 3.40. The van der Waals surface area contributed by atoms with E-state index in [4.69, 9.17) is 9.47 Å². The van der Waals surface area contributed by atoms with Gasteiger partial charge in [-0.1, -0.05) is 59.8 Å². The van der Waals surface area contributed by atoms with Gasteiger partial charge in [-0.25, -0.2) is 0 Å². The number of ether oxygens (including phenoxy) is 2. The number of benzene rings is 2. The average Bonchev–Trinajstić information content (AvgIpc) is 2.53. The van der Waals surface area contributed by atoms with Crippen LogP contribution in [0.3, 0.4) is 0 Å². The molecular formula is C19H25BrO2. The standard InChI is InChI=1S/C19H25BrO2/c1-3-4-5-6-12-21-18-9-10-19(22-13-11-20)17-14-15(2)7-8-16(17)18/h7-10,14H,3-6,11-13H2,1-2H3. The lowest BCUT2D eigenvalue weighted by molar-refractivity contribution is 0.307. The number of fused-ring (bicyclic) bond motifs is 1. The second-order valence-electron chi connectivity index (χ2n) is 5.56. The fourth-order valence-electron chi connectivity index (χ4n) is 2.52. The Bertz CT molecular complexity index is 595. The Morgan fingerprint density at radius 1 is 0.864 bits per heavy atom. The molecule has 0 radical (unpaired) electrons. The Balaban J connectivity index is 2.17. The number of aryl methyl sites for hydroxylation is 1. The Kier molecular flexibility index (Phi) is 7.04. The van der Waals surface area contributed by atoms with E-state index in [1.54, 1.807) is 0 Å². The molecule has 2 nitrogen and oxygen atoms in total. The highest BCUT2D eigenvalue weighted by atomic mass is 79.9. The molecule has 120 valence electrons. The zero-order valence-corrected chi connectivity index (χ0v) is 15.1. The number of rotatable bonds is 9. The molecule has 0 atom stereocenters. The number of hydrogen-bond donors (Lipinski definition) is 0. The first-order valence-electron chi connectivity index (χ1n) is 8.11. The highest BCUT2D eigenvalue weighted by molar-refractivity contribution is 9.09. The van der Waals surface area contributed by atoms with E-state index in [1.165, 1.54) is 24.8 Å². The van der Waals surface area contributed by atoms with Crippen molar-refractivity contribution in [1.82, 2.24) is 0 Å². The smallest absolute Gasteiger partial charge is 0.127 e. The summed E-state index contributed by atoms with van der Waals surface area (Å²) in [6.07, 6.45) is 4.88. The molecule has 0 aliphatic heterocycles. The second-order valence-corrected chi connectivity index (χ2v) is 6.35. The summed E-state index contributed by atoms with van der Waals surface area (Å²) in [5, 5.41) is 3.09. The van der Waals surface area contributed by atoms with Crippen molar-refractivity contribution in [3.63, 3.8) is 0 Å². The van der Waals surface area contributed by atoms with Crippen molar-refractivity contribution in [3.8, 4) is 11.5 Å². The lowest BCUT2D eigenvalue weighted by atomic mass is 10.1. The third-order valence-electron chi connectivity index (χ3n) is 3.68. The van der Waals surface area contributed by atoms with E-state index in [1.807, 2.05) is 12.1 Å². The van der Waals surface area contributed by atoms with E-state index in [0.29, 0.717) is 6.61 Å². The normalized spacial score (nSPS) is 10.9. The van der Waals surface area contributed by atoms with Gasteiger partial charge in [0.25, 0.3) is 0 Å². The highest BCUT2D eigenvalue weighted by Gasteiger charge is 2.08. The second kappa shape index (κ2) is 9.04. The Hall–Kier alpha value is -1.22. The maximum absolute atomic E-state index is 6.00. The van der Waals surface area contributed by atoms with Crippen LogP contribution in [-0.2, 0) is 0 Å². The quantitative estimate of drug-likeness (QED) is 0.408. The Labute approximate surface area is 141 Å². The molecule has 3 heteroatoms. The van der Waals surface area contributed by atoms with Crippen molar-refractivity contribution in [2.45, 2.75) is 39.5 Å². The summed E-state index contributed by atoms with van der Waals surface area (Å²) in [6.45, 7) is 5.78. The van der Waals surface area contributed by atoms with Crippen molar-refractivity contribution in [1.29, 1.82) is 0 Å². The summed E-state index contributed by atoms with van der Waals surface area (Å²) in [4.78, 5) is 0. The van der Waals surface area contributed by atoms with Gasteiger partial charge in [0.15, 0.2) is 0 Å². The molecule has 0 bridgehead atoms. The van der Waals surface area contributed by atoms with Gasteiger partial charge in [0, 0.05) is 16.1 Å². The van der Waals surface area contributed by atoms with Crippen molar-refractivity contribution in [2.75, 3.05) is 18.5 Å². The molecule has 2 aromatic carbocycles. The topological polar surface area (TPSA) is 18.5 Å². The van der Waals surface area contributed by atoms with Crippen LogP contribution >= 0.6 is 15.9 Å². The maximum atomic E-state index is 6.00. The van der Waals surface area contributed by atoms with Crippen LogP contribution in [0.4, 0.5) is 0 Å². The highest BCUT2D eigenvalue weighted by Crippen LogP contribution is 2.34. The summed E-state index contributed by atoms with van der Waals surface area (Å²) in [7, 11) is 0. The molecule has 0 saturated heterocycles. The third-order valence-corrected chi connectivity index (χ3v) is 4.01. The van der Waals surface area contributed by atoms with Crippen LogP contribution in [0.15, 0.2) is 30.3 Å². The van der Waals surface area contributed by atoms with Crippen LogP contribution in [0.25, 0.3) is 10.8 Å². The molecule has 0 aliphatic carbocycles. The van der Waals surface area contributed by atoms with E-state index in [9.17, 15) is 0 Å². The molecule has 0 heterocycles. The largest absolute Gasteiger partial charge is 0.493 e. The van der Waals surface area contributed by atoms with Crippen LogP contribution in [-0.4, -0.2) is 18.5 Å². The predicted molar refractivity (Wildman–Crippen MR) is 97.6 cm³/mol. The van der Waals surface area contributed by atoms with Gasteiger partial charge in [0.1, 0.15) is 11.5 Å². The SMILES string of the molecule is CCCCCCOc1ccc(OCCBr)c2cc(C)ccc12. The number of alkyl halides is 1. The van der Waals surface area contributed by atoms with E-state index >= 15 is 0 Å². The van der Waals surface area contributed by atoms with Crippen molar-refractivity contribution in [3.05, 3.63) is 35.9 Å². The van der Waals surface area contributed by atoms with Crippen LogP contribution in [0.2, 0.25) is 0 Å². The minimum Gasteiger partial charge on any atom is -0.493 e. The van der Waals surface area contributed by atoms with Crippen LogP contribution in [0.1, 0.15) is 38.2 Å². The molecule has 0 fully saturated rings. The van der Waals surface area contributed by atoms with E-state index in [2.05, 4.69) is 48.0 Å². The molecule has 0 amide bonds. The first-order valence-corrected chi connectivity index (χ1v) is 9.23. The molecule has 2 aromatic rings. The fourth-order valence-corrected chi connectivity index (χ4v) is 2.68. The first kappa shape index (κ1) is 17.1. The molecule has 0 unspecified atom stereocenters. The van der Waals surface area contributed by atoms with Gasteiger partial charge in [-0.15, -0.1) is 0 Å². The van der Waals surface area contributed by atoms with Crippen LogP contribution in [0, 0.1) is 6.92 Å². The minimum absolute atomic E-state index is 0.667. The molecule has 22 heavy (non-hydrogen) atoms. The first-order chi connectivity index (χ1) is 10.8. The molecule has 0 spiro atoms. The molecule has 2 rings (SSSR count). The van der Waals surface area contributed by atoms with Gasteiger partial charge < -0.3 is 9.47 Å². The van der Waals surface area contributed by atoms with E-state index in [0.717, 1.165) is 40.6 Å². The summed E-state index contributed by atoms with van der Waals surface area (Å²) in [5.74, 6) is 1.88. The molecule has 0 saturated carbocycles. The Morgan fingerprint density at radius 3 is 2.32 bits per heavy atom. The Morgan fingerprint density at radius 2 is 1.59 bits per heavy atom. The predicted octanol–water partition coefficient (Wildman–Crippen LogP) is 5.88. The molecular weight excluding hydrogens is 340 g/mol. The van der Waals surface area contributed by atoms with Gasteiger partial charge in [-0.2, -0.15) is 0 Å². The summed E-state index contributed by atoms with van der Waals surface area (Å²) in [6, 6.07) is 10.5. The van der Waals surface area contributed by atoms with Crippen LogP contribution in [0.5, 0.6) is 11.5 Å². The average molecular weight is 365 g/mol. The number of halogens is 1.